The minimum atomic E-state index is -4.15. The summed E-state index contributed by atoms with van der Waals surface area (Å²) in [6, 6.07) is 19.0. The SMILES string of the molecule is CCCCC(CC(F)(F)F)N(Cc1ccccc1)Cc1ccccc1. The molecule has 0 N–H and O–H groups in total. The molecule has 0 aliphatic heterocycles. The number of unbranched alkanes of at least 4 members (excludes halogenated alkanes) is 1. The molecule has 0 radical (unpaired) electrons. The Morgan fingerprint density at radius 1 is 0.840 bits per heavy atom. The Bertz CT molecular complexity index is 554. The summed E-state index contributed by atoms with van der Waals surface area (Å²) < 4.78 is 39.4. The van der Waals surface area contributed by atoms with Crippen LogP contribution in [0.3, 0.4) is 0 Å². The Kier molecular flexibility index (Phi) is 7.51. The van der Waals surface area contributed by atoms with Crippen molar-refractivity contribution in [2.24, 2.45) is 0 Å². The van der Waals surface area contributed by atoms with Crippen LogP contribution in [0.2, 0.25) is 0 Å². The maximum absolute atomic E-state index is 13.1. The second kappa shape index (κ2) is 9.62. The normalized spacial score (nSPS) is 13.2. The summed E-state index contributed by atoms with van der Waals surface area (Å²) >= 11 is 0. The van der Waals surface area contributed by atoms with Crippen molar-refractivity contribution < 1.29 is 13.2 Å². The lowest BCUT2D eigenvalue weighted by Crippen LogP contribution is -2.37. The fraction of sp³-hybridized carbons (Fsp3) is 0.429. The van der Waals surface area contributed by atoms with Gasteiger partial charge in [-0.1, -0.05) is 80.4 Å². The van der Waals surface area contributed by atoms with Crippen molar-refractivity contribution >= 4 is 0 Å². The fourth-order valence-electron chi connectivity index (χ4n) is 3.07. The molecule has 0 saturated carbocycles. The summed E-state index contributed by atoms with van der Waals surface area (Å²) in [6.45, 7) is 3.07. The van der Waals surface area contributed by atoms with Gasteiger partial charge < -0.3 is 0 Å². The van der Waals surface area contributed by atoms with Gasteiger partial charge in [0.05, 0.1) is 6.42 Å². The van der Waals surface area contributed by atoms with E-state index in [0.29, 0.717) is 19.5 Å². The van der Waals surface area contributed by atoms with Crippen molar-refractivity contribution in [3.8, 4) is 0 Å². The molecule has 0 aliphatic carbocycles. The molecule has 0 heterocycles. The summed E-state index contributed by atoms with van der Waals surface area (Å²) in [4.78, 5) is 1.98. The molecule has 2 aromatic carbocycles. The van der Waals surface area contributed by atoms with Gasteiger partial charge in [-0.3, -0.25) is 4.90 Å². The third-order valence-corrected chi connectivity index (χ3v) is 4.33. The summed E-state index contributed by atoms with van der Waals surface area (Å²) in [5.74, 6) is 0. The van der Waals surface area contributed by atoms with Gasteiger partial charge in [0.15, 0.2) is 0 Å². The quantitative estimate of drug-likeness (QED) is 0.521. The van der Waals surface area contributed by atoms with E-state index in [0.717, 1.165) is 24.0 Å². The lowest BCUT2D eigenvalue weighted by molar-refractivity contribution is -0.149. The van der Waals surface area contributed by atoms with Crippen molar-refractivity contribution in [3.05, 3.63) is 71.8 Å². The number of benzene rings is 2. The topological polar surface area (TPSA) is 3.24 Å². The standard InChI is InChI=1S/C21H26F3N/c1-2-3-14-20(15-21(22,23)24)25(16-18-10-6-4-7-11-18)17-19-12-8-5-9-13-19/h4-13,20H,2-3,14-17H2,1H3. The summed E-state index contributed by atoms with van der Waals surface area (Å²) in [5.41, 5.74) is 2.09. The minimum absolute atomic E-state index is 0.500. The van der Waals surface area contributed by atoms with Crippen LogP contribution in [-0.4, -0.2) is 17.1 Å². The zero-order chi connectivity index (χ0) is 18.1. The van der Waals surface area contributed by atoms with E-state index in [1.165, 1.54) is 0 Å². The van der Waals surface area contributed by atoms with Crippen molar-refractivity contribution in [2.45, 2.75) is 57.9 Å². The second-order valence-corrected chi connectivity index (χ2v) is 6.49. The van der Waals surface area contributed by atoms with E-state index in [1.54, 1.807) is 0 Å². The van der Waals surface area contributed by atoms with Gasteiger partial charge in [-0.25, -0.2) is 0 Å². The maximum atomic E-state index is 13.1. The lowest BCUT2D eigenvalue weighted by atomic mass is 10.0. The van der Waals surface area contributed by atoms with Gasteiger partial charge >= 0.3 is 6.18 Å². The van der Waals surface area contributed by atoms with Gasteiger partial charge in [0.2, 0.25) is 0 Å². The van der Waals surface area contributed by atoms with Crippen LogP contribution < -0.4 is 0 Å². The second-order valence-electron chi connectivity index (χ2n) is 6.49. The minimum Gasteiger partial charge on any atom is -0.292 e. The monoisotopic (exact) mass is 349 g/mol. The van der Waals surface area contributed by atoms with Crippen LogP contribution in [0.15, 0.2) is 60.7 Å². The average molecular weight is 349 g/mol. The van der Waals surface area contributed by atoms with Crippen LogP contribution in [0.5, 0.6) is 0 Å². The Hall–Kier alpha value is -1.81. The van der Waals surface area contributed by atoms with Crippen LogP contribution in [0.25, 0.3) is 0 Å². The van der Waals surface area contributed by atoms with Crippen LogP contribution in [-0.2, 0) is 13.1 Å². The molecule has 25 heavy (non-hydrogen) atoms. The Morgan fingerprint density at radius 2 is 1.32 bits per heavy atom. The highest BCUT2D eigenvalue weighted by Gasteiger charge is 2.34. The van der Waals surface area contributed by atoms with Crippen molar-refractivity contribution in [1.82, 2.24) is 4.90 Å². The van der Waals surface area contributed by atoms with Gasteiger partial charge in [0, 0.05) is 19.1 Å². The number of halogens is 3. The summed E-state index contributed by atoms with van der Waals surface area (Å²) in [6.07, 6.45) is -2.63. The number of nitrogens with zero attached hydrogens (tertiary/aromatic N) is 1. The van der Waals surface area contributed by atoms with Crippen molar-refractivity contribution in [3.63, 3.8) is 0 Å². The van der Waals surface area contributed by atoms with Crippen LogP contribution >= 0.6 is 0 Å². The van der Waals surface area contributed by atoms with Crippen LogP contribution in [0.4, 0.5) is 13.2 Å². The first kappa shape index (κ1) is 19.5. The smallest absolute Gasteiger partial charge is 0.292 e. The number of hydrogen-bond donors (Lipinski definition) is 0. The van der Waals surface area contributed by atoms with Gasteiger partial charge in [-0.05, 0) is 17.5 Å². The van der Waals surface area contributed by atoms with Gasteiger partial charge in [-0.15, -0.1) is 0 Å². The highest BCUT2D eigenvalue weighted by Crippen LogP contribution is 2.28. The molecule has 1 unspecified atom stereocenters. The first-order valence-electron chi connectivity index (χ1n) is 8.86. The lowest BCUT2D eigenvalue weighted by Gasteiger charge is -2.33. The van der Waals surface area contributed by atoms with E-state index < -0.39 is 18.6 Å². The fourth-order valence-corrected chi connectivity index (χ4v) is 3.07. The highest BCUT2D eigenvalue weighted by atomic mass is 19.4. The van der Waals surface area contributed by atoms with Crippen LogP contribution in [0, 0.1) is 0 Å². The van der Waals surface area contributed by atoms with E-state index in [9.17, 15) is 13.2 Å². The molecule has 0 saturated heterocycles. The zero-order valence-electron chi connectivity index (χ0n) is 14.7. The zero-order valence-corrected chi connectivity index (χ0v) is 14.7. The molecule has 1 nitrogen and oxygen atoms in total. The molecule has 0 aliphatic rings. The van der Waals surface area contributed by atoms with E-state index in [1.807, 2.05) is 72.5 Å². The highest BCUT2D eigenvalue weighted by molar-refractivity contribution is 5.17. The molecule has 0 spiro atoms. The average Bonchev–Trinajstić information content (AvgIpc) is 2.59. The largest absolute Gasteiger partial charge is 0.390 e. The molecule has 0 fully saturated rings. The molecule has 4 heteroatoms. The molecular formula is C21H26F3N. The Balaban J connectivity index is 2.21. The summed E-state index contributed by atoms with van der Waals surface area (Å²) in [5, 5.41) is 0. The molecule has 2 aromatic rings. The van der Waals surface area contributed by atoms with Gasteiger partial charge in [-0.2, -0.15) is 13.2 Å². The Labute approximate surface area is 148 Å². The predicted octanol–water partition coefficient (Wildman–Crippen LogP) is 6.20. The van der Waals surface area contributed by atoms with E-state index >= 15 is 0 Å². The van der Waals surface area contributed by atoms with Crippen LogP contribution in [0.1, 0.15) is 43.7 Å². The van der Waals surface area contributed by atoms with Gasteiger partial charge in [0.25, 0.3) is 0 Å². The maximum Gasteiger partial charge on any atom is 0.390 e. The first-order valence-corrected chi connectivity index (χ1v) is 8.86. The number of alkyl halides is 3. The summed E-state index contributed by atoms with van der Waals surface area (Å²) in [7, 11) is 0. The Morgan fingerprint density at radius 3 is 1.72 bits per heavy atom. The van der Waals surface area contributed by atoms with E-state index in [4.69, 9.17) is 0 Å². The van der Waals surface area contributed by atoms with Crippen molar-refractivity contribution in [1.29, 1.82) is 0 Å². The molecule has 136 valence electrons. The van der Waals surface area contributed by atoms with Crippen molar-refractivity contribution in [2.75, 3.05) is 0 Å². The molecule has 2 rings (SSSR count). The predicted molar refractivity (Wildman–Crippen MR) is 96.1 cm³/mol. The molecule has 1 atom stereocenters. The van der Waals surface area contributed by atoms with E-state index in [2.05, 4.69) is 0 Å². The van der Waals surface area contributed by atoms with Gasteiger partial charge in [0.1, 0.15) is 0 Å². The first-order chi connectivity index (χ1) is 12.0. The molecular weight excluding hydrogens is 323 g/mol. The third-order valence-electron chi connectivity index (χ3n) is 4.33. The van der Waals surface area contributed by atoms with E-state index in [-0.39, 0.29) is 0 Å². The number of rotatable bonds is 9. The third kappa shape index (κ3) is 7.30. The number of hydrogen-bond acceptors (Lipinski definition) is 1. The molecule has 0 bridgehead atoms. The molecule has 0 aromatic heterocycles. The molecule has 0 amide bonds.